The summed E-state index contributed by atoms with van der Waals surface area (Å²) in [4.78, 5) is 22.3. The fourth-order valence-corrected chi connectivity index (χ4v) is 3.61. The normalized spacial score (nSPS) is 18.5. The summed E-state index contributed by atoms with van der Waals surface area (Å²) in [6.07, 6.45) is 2.91. The Morgan fingerprint density at radius 3 is 2.67 bits per heavy atom. The Balaban J connectivity index is 1.79. The second-order valence-corrected chi connectivity index (χ2v) is 8.13. The average Bonchev–Trinajstić information content (AvgIpc) is 2.45. The van der Waals surface area contributed by atoms with Crippen LogP contribution in [0.5, 0.6) is 0 Å². The number of carbonyl (C=O) groups excluding carboxylic acids is 1. The maximum absolute atomic E-state index is 12.2. The van der Waals surface area contributed by atoms with Crippen LogP contribution < -0.4 is 11.5 Å². The van der Waals surface area contributed by atoms with Crippen molar-refractivity contribution >= 4 is 29.5 Å². The third-order valence-electron chi connectivity index (χ3n) is 3.67. The van der Waals surface area contributed by atoms with E-state index in [0.29, 0.717) is 22.7 Å². The molecule has 1 amide bonds. The van der Waals surface area contributed by atoms with Crippen molar-refractivity contribution in [3.63, 3.8) is 0 Å². The fraction of sp³-hybridized carbons (Fsp3) is 0.688. The van der Waals surface area contributed by atoms with E-state index in [1.54, 1.807) is 17.8 Å². The lowest BCUT2D eigenvalue weighted by Gasteiger charge is -2.34. The molecule has 1 aliphatic heterocycles. The third-order valence-corrected chi connectivity index (χ3v) is 4.55. The van der Waals surface area contributed by atoms with Crippen molar-refractivity contribution in [2.24, 2.45) is 5.92 Å². The maximum atomic E-state index is 12.2. The number of rotatable bonds is 4. The molecule has 0 unspecified atom stereocenters. The molecule has 7 nitrogen and oxygen atoms in total. The van der Waals surface area contributed by atoms with E-state index in [-0.39, 0.29) is 6.09 Å². The van der Waals surface area contributed by atoms with Gasteiger partial charge in [0, 0.05) is 24.9 Å². The van der Waals surface area contributed by atoms with Crippen LogP contribution in [-0.4, -0.2) is 45.4 Å². The second kappa shape index (κ2) is 7.92. The number of ether oxygens (including phenoxy) is 1. The zero-order valence-corrected chi connectivity index (χ0v) is 15.4. The Morgan fingerprint density at radius 2 is 2.04 bits per heavy atom. The lowest BCUT2D eigenvalue weighted by atomic mass is 9.96. The molecule has 1 atom stereocenters. The molecule has 0 bridgehead atoms. The molecular formula is C16H27N5O2S. The molecule has 8 heteroatoms. The quantitative estimate of drug-likeness (QED) is 0.633. The molecule has 1 fully saturated rings. The monoisotopic (exact) mass is 353 g/mol. The summed E-state index contributed by atoms with van der Waals surface area (Å²) in [5.74, 6) is 2.12. The van der Waals surface area contributed by atoms with Crippen LogP contribution in [0, 0.1) is 5.92 Å². The van der Waals surface area contributed by atoms with Gasteiger partial charge in [0.1, 0.15) is 17.2 Å². The van der Waals surface area contributed by atoms with Crippen molar-refractivity contribution < 1.29 is 9.53 Å². The minimum atomic E-state index is -0.454. The van der Waals surface area contributed by atoms with E-state index in [4.69, 9.17) is 16.2 Å². The number of carbonyl (C=O) groups is 1. The summed E-state index contributed by atoms with van der Waals surface area (Å²) in [6.45, 7) is 7.18. The standard InChI is InChI=1S/C16H27N5O2S/c1-16(2,3)23-15(22)21-7-4-5-11(10-21)6-8-24-14-19-12(17)9-13(18)20-14/h9,11H,4-8,10H2,1-3H3,(H4,17,18,19,20)/t11-/m0/s1. The first-order valence-electron chi connectivity index (χ1n) is 8.24. The zero-order chi connectivity index (χ0) is 17.7. The molecule has 0 aromatic carbocycles. The molecule has 2 rings (SSSR count). The van der Waals surface area contributed by atoms with Crippen LogP contribution >= 0.6 is 11.8 Å². The summed E-state index contributed by atoms with van der Waals surface area (Å²) in [5.41, 5.74) is 10.9. The van der Waals surface area contributed by atoms with Gasteiger partial charge in [0.15, 0.2) is 5.16 Å². The number of piperidine rings is 1. The van der Waals surface area contributed by atoms with Crippen molar-refractivity contribution in [2.45, 2.75) is 50.8 Å². The first-order chi connectivity index (χ1) is 11.2. The number of nitrogens with two attached hydrogens (primary N) is 2. The van der Waals surface area contributed by atoms with Gasteiger partial charge in [-0.15, -0.1) is 0 Å². The van der Waals surface area contributed by atoms with Gasteiger partial charge in [-0.1, -0.05) is 11.8 Å². The number of amides is 1. The molecule has 0 radical (unpaired) electrons. The number of nitrogens with zero attached hydrogens (tertiary/aromatic N) is 3. The third kappa shape index (κ3) is 6.07. The lowest BCUT2D eigenvalue weighted by Crippen LogP contribution is -2.43. The number of nitrogen functional groups attached to an aromatic ring is 2. The number of hydrogen-bond acceptors (Lipinski definition) is 7. The number of thioether (sulfide) groups is 1. The van der Waals surface area contributed by atoms with Crippen molar-refractivity contribution in [2.75, 3.05) is 30.3 Å². The molecule has 24 heavy (non-hydrogen) atoms. The van der Waals surface area contributed by atoms with E-state index < -0.39 is 5.60 Å². The van der Waals surface area contributed by atoms with E-state index in [0.717, 1.165) is 38.1 Å². The largest absolute Gasteiger partial charge is 0.444 e. The van der Waals surface area contributed by atoms with E-state index in [9.17, 15) is 4.79 Å². The van der Waals surface area contributed by atoms with E-state index in [1.165, 1.54) is 0 Å². The van der Waals surface area contributed by atoms with Gasteiger partial charge in [-0.3, -0.25) is 0 Å². The Bertz CT molecular complexity index is 556. The average molecular weight is 353 g/mol. The number of hydrogen-bond donors (Lipinski definition) is 2. The Labute approximate surface area is 147 Å². The molecule has 1 aromatic rings. The van der Waals surface area contributed by atoms with Crippen LogP contribution in [-0.2, 0) is 4.74 Å². The van der Waals surface area contributed by atoms with Crippen molar-refractivity contribution in [1.29, 1.82) is 0 Å². The van der Waals surface area contributed by atoms with Crippen LogP contribution in [0.4, 0.5) is 16.4 Å². The predicted molar refractivity (Wildman–Crippen MR) is 96.7 cm³/mol. The molecule has 1 aliphatic rings. The van der Waals surface area contributed by atoms with Gasteiger partial charge in [-0.2, -0.15) is 0 Å². The Kier molecular flexibility index (Phi) is 6.15. The Morgan fingerprint density at radius 1 is 1.38 bits per heavy atom. The second-order valence-electron chi connectivity index (χ2n) is 7.07. The maximum Gasteiger partial charge on any atom is 0.410 e. The van der Waals surface area contributed by atoms with E-state index >= 15 is 0 Å². The molecule has 1 aromatic heterocycles. The number of anilines is 2. The highest BCUT2D eigenvalue weighted by Crippen LogP contribution is 2.25. The minimum absolute atomic E-state index is 0.216. The first kappa shape index (κ1) is 18.6. The molecule has 0 spiro atoms. The zero-order valence-electron chi connectivity index (χ0n) is 14.6. The molecule has 0 aliphatic carbocycles. The van der Waals surface area contributed by atoms with Gasteiger partial charge in [-0.25, -0.2) is 14.8 Å². The van der Waals surface area contributed by atoms with Crippen molar-refractivity contribution in [3.8, 4) is 0 Å². The van der Waals surface area contributed by atoms with Crippen LogP contribution in [0.15, 0.2) is 11.2 Å². The SMILES string of the molecule is CC(C)(C)OC(=O)N1CCC[C@@H](CCSc2nc(N)cc(N)n2)C1. The molecule has 134 valence electrons. The number of likely N-dealkylation sites (tertiary alicyclic amines) is 1. The molecule has 4 N–H and O–H groups in total. The minimum Gasteiger partial charge on any atom is -0.444 e. The molecular weight excluding hydrogens is 326 g/mol. The highest BCUT2D eigenvalue weighted by Gasteiger charge is 2.27. The smallest absolute Gasteiger partial charge is 0.410 e. The van der Waals surface area contributed by atoms with Crippen molar-refractivity contribution in [1.82, 2.24) is 14.9 Å². The molecule has 1 saturated heterocycles. The number of aromatic nitrogens is 2. The first-order valence-corrected chi connectivity index (χ1v) is 9.22. The molecule has 0 saturated carbocycles. The summed E-state index contributed by atoms with van der Waals surface area (Å²) in [7, 11) is 0. The Hall–Kier alpha value is -1.70. The molecule has 2 heterocycles. The highest BCUT2D eigenvalue weighted by atomic mass is 32.2. The summed E-state index contributed by atoms with van der Waals surface area (Å²) < 4.78 is 5.46. The van der Waals surface area contributed by atoms with Gasteiger partial charge >= 0.3 is 6.09 Å². The van der Waals surface area contributed by atoms with Gasteiger partial charge in [-0.05, 0) is 46.0 Å². The summed E-state index contributed by atoms with van der Waals surface area (Å²) in [6, 6.07) is 1.55. The van der Waals surface area contributed by atoms with Gasteiger partial charge in [0.05, 0.1) is 0 Å². The highest BCUT2D eigenvalue weighted by molar-refractivity contribution is 7.99. The summed E-state index contributed by atoms with van der Waals surface area (Å²) in [5, 5.41) is 0.604. The topological polar surface area (TPSA) is 107 Å². The van der Waals surface area contributed by atoms with Crippen LogP contribution in [0.1, 0.15) is 40.0 Å². The van der Waals surface area contributed by atoms with E-state index in [2.05, 4.69) is 9.97 Å². The van der Waals surface area contributed by atoms with Gasteiger partial charge in [0.2, 0.25) is 0 Å². The van der Waals surface area contributed by atoms with Crippen molar-refractivity contribution in [3.05, 3.63) is 6.07 Å². The fourth-order valence-electron chi connectivity index (χ4n) is 2.64. The van der Waals surface area contributed by atoms with Crippen LogP contribution in [0.2, 0.25) is 0 Å². The van der Waals surface area contributed by atoms with E-state index in [1.807, 2.05) is 25.7 Å². The van der Waals surface area contributed by atoms with Crippen LogP contribution in [0.25, 0.3) is 0 Å². The van der Waals surface area contributed by atoms with Gasteiger partial charge < -0.3 is 21.1 Å². The lowest BCUT2D eigenvalue weighted by molar-refractivity contribution is 0.0165. The van der Waals surface area contributed by atoms with Gasteiger partial charge in [0.25, 0.3) is 0 Å². The van der Waals surface area contributed by atoms with Crippen LogP contribution in [0.3, 0.4) is 0 Å². The summed E-state index contributed by atoms with van der Waals surface area (Å²) >= 11 is 1.55. The predicted octanol–water partition coefficient (Wildman–Crippen LogP) is 2.77.